The molecule has 0 heterocycles. The molecule has 6 heteroatoms. The normalized spacial score (nSPS) is 12.4. The zero-order valence-corrected chi connectivity index (χ0v) is 40.4. The summed E-state index contributed by atoms with van der Waals surface area (Å²) in [6, 6.07) is 0. The molecule has 6 nitrogen and oxygen atoms in total. The number of esters is 3. The Bertz CT molecular complexity index is 1070. The number of carbonyl (C=O) groups excluding carboxylic acids is 3. The molecule has 0 saturated carbocycles. The lowest BCUT2D eigenvalue weighted by atomic mass is 10.0. The summed E-state index contributed by atoms with van der Waals surface area (Å²) in [7, 11) is 0. The van der Waals surface area contributed by atoms with Gasteiger partial charge in [0.15, 0.2) is 6.10 Å². The molecule has 0 radical (unpaired) electrons. The fraction of sp³-hybridized carbons (Fsp3) is 0.800. The van der Waals surface area contributed by atoms with E-state index in [9.17, 15) is 14.4 Å². The number of rotatable bonds is 47. The van der Waals surface area contributed by atoms with Crippen LogP contribution in [0.1, 0.15) is 265 Å². The molecule has 0 aliphatic carbocycles. The second kappa shape index (κ2) is 50.0. The van der Waals surface area contributed by atoms with Gasteiger partial charge in [0.25, 0.3) is 0 Å². The number of hydrogen-bond donors (Lipinski definition) is 0. The highest BCUT2D eigenvalue weighted by Gasteiger charge is 2.19. The molecule has 0 fully saturated rings. The summed E-state index contributed by atoms with van der Waals surface area (Å²) < 4.78 is 16.6. The second-order valence-corrected chi connectivity index (χ2v) is 17.4. The molecule has 0 spiro atoms. The molecule has 1 atom stereocenters. The average molecular weight is 855 g/mol. The van der Waals surface area contributed by atoms with Crippen molar-refractivity contribution in [2.75, 3.05) is 13.2 Å². The Morgan fingerprint density at radius 1 is 0.344 bits per heavy atom. The molecular formula is C55H98O6. The van der Waals surface area contributed by atoms with Crippen LogP contribution in [0.4, 0.5) is 0 Å². The van der Waals surface area contributed by atoms with Gasteiger partial charge in [-0.05, 0) is 44.9 Å². The molecule has 61 heavy (non-hydrogen) atoms. The number of ether oxygens (including phenoxy) is 3. The summed E-state index contributed by atoms with van der Waals surface area (Å²) in [5, 5.41) is 0. The van der Waals surface area contributed by atoms with Crippen molar-refractivity contribution >= 4 is 17.9 Å². The predicted octanol–water partition coefficient (Wildman–Crippen LogP) is 17.1. The van der Waals surface area contributed by atoms with Crippen LogP contribution in [0.2, 0.25) is 0 Å². The van der Waals surface area contributed by atoms with Crippen LogP contribution in [-0.2, 0) is 28.6 Å². The van der Waals surface area contributed by atoms with Gasteiger partial charge >= 0.3 is 17.9 Å². The van der Waals surface area contributed by atoms with E-state index in [1.807, 2.05) is 12.2 Å². The monoisotopic (exact) mass is 855 g/mol. The van der Waals surface area contributed by atoms with Crippen LogP contribution in [0.5, 0.6) is 0 Å². The van der Waals surface area contributed by atoms with Crippen LogP contribution < -0.4 is 0 Å². The largest absolute Gasteiger partial charge is 0.462 e. The first-order valence-corrected chi connectivity index (χ1v) is 26.1. The highest BCUT2D eigenvalue weighted by atomic mass is 16.6. The van der Waals surface area contributed by atoms with E-state index in [1.54, 1.807) is 0 Å². The summed E-state index contributed by atoms with van der Waals surface area (Å²) in [6.45, 7) is 6.39. The zero-order valence-electron chi connectivity index (χ0n) is 40.4. The number of unbranched alkanes of at least 4 members (excludes halogenated alkanes) is 28. The van der Waals surface area contributed by atoms with Gasteiger partial charge in [0.1, 0.15) is 13.2 Å². The van der Waals surface area contributed by atoms with E-state index in [1.165, 1.54) is 148 Å². The third-order valence-electron chi connectivity index (χ3n) is 11.4. The fourth-order valence-electron chi connectivity index (χ4n) is 7.46. The van der Waals surface area contributed by atoms with Crippen molar-refractivity contribution in [2.24, 2.45) is 0 Å². The fourth-order valence-corrected chi connectivity index (χ4v) is 7.46. The first-order valence-electron chi connectivity index (χ1n) is 26.1. The SMILES string of the molecule is CC/C=C\C/C=C\C/C=C\C/C=C\CCC(=O)OC(COC(=O)CCCCCCC)COC(=O)CCCCCCCCCCCCCCCCCCCCCCCCCCC. The van der Waals surface area contributed by atoms with Crippen LogP contribution >= 0.6 is 0 Å². The maximum atomic E-state index is 12.6. The van der Waals surface area contributed by atoms with Crippen LogP contribution in [0.3, 0.4) is 0 Å². The van der Waals surface area contributed by atoms with E-state index in [0.717, 1.165) is 70.6 Å². The van der Waals surface area contributed by atoms with Crippen molar-refractivity contribution in [3.05, 3.63) is 48.6 Å². The summed E-state index contributed by atoms with van der Waals surface area (Å²) in [6.07, 6.45) is 60.3. The molecule has 354 valence electrons. The van der Waals surface area contributed by atoms with Crippen molar-refractivity contribution in [1.29, 1.82) is 0 Å². The first kappa shape index (κ1) is 58.4. The molecule has 0 aliphatic rings. The molecule has 0 rings (SSSR count). The third-order valence-corrected chi connectivity index (χ3v) is 11.4. The van der Waals surface area contributed by atoms with Crippen molar-refractivity contribution < 1.29 is 28.6 Å². The van der Waals surface area contributed by atoms with Crippen molar-refractivity contribution in [3.8, 4) is 0 Å². The van der Waals surface area contributed by atoms with E-state index in [2.05, 4.69) is 57.2 Å². The molecule has 0 saturated heterocycles. The summed E-state index contributed by atoms with van der Waals surface area (Å²) in [4.78, 5) is 37.5. The van der Waals surface area contributed by atoms with Gasteiger partial charge in [-0.2, -0.15) is 0 Å². The maximum Gasteiger partial charge on any atom is 0.306 e. The minimum Gasteiger partial charge on any atom is -0.462 e. The standard InChI is InChI=1S/C55H98O6/c1-4-7-10-13-15-17-19-21-22-23-24-25-26-27-28-29-30-31-32-34-35-37-39-42-45-48-54(57)60-51-52(50-59-53(56)47-44-41-12-9-6-3)61-55(58)49-46-43-40-38-36-33-20-18-16-14-11-8-5-2/h8,11,16,18,33,36,40,43,52H,4-7,9-10,12-15,17,19-32,34-35,37-39,41-42,44-51H2,1-3H3/b11-8-,18-16-,36-33-,43-40-. The third kappa shape index (κ3) is 48.3. The molecule has 0 amide bonds. The van der Waals surface area contributed by atoms with Crippen molar-refractivity contribution in [2.45, 2.75) is 271 Å². The van der Waals surface area contributed by atoms with E-state index in [-0.39, 0.29) is 37.5 Å². The highest BCUT2D eigenvalue weighted by molar-refractivity contribution is 5.71. The average Bonchev–Trinajstić information content (AvgIpc) is 3.26. The highest BCUT2D eigenvalue weighted by Crippen LogP contribution is 2.16. The molecule has 1 unspecified atom stereocenters. The maximum absolute atomic E-state index is 12.6. The van der Waals surface area contributed by atoms with E-state index in [4.69, 9.17) is 14.2 Å². The smallest absolute Gasteiger partial charge is 0.306 e. The molecular weight excluding hydrogens is 757 g/mol. The molecule has 0 aromatic carbocycles. The minimum absolute atomic E-state index is 0.0994. The van der Waals surface area contributed by atoms with Gasteiger partial charge in [0.05, 0.1) is 0 Å². The molecule has 0 aromatic rings. The Labute approximate surface area is 378 Å². The number of allylic oxidation sites excluding steroid dienone is 8. The Balaban J connectivity index is 4.06. The predicted molar refractivity (Wildman–Crippen MR) is 261 cm³/mol. The Hall–Kier alpha value is -2.63. The van der Waals surface area contributed by atoms with Gasteiger partial charge in [-0.25, -0.2) is 0 Å². The molecule has 0 N–H and O–H groups in total. The van der Waals surface area contributed by atoms with Gasteiger partial charge in [-0.15, -0.1) is 0 Å². The Morgan fingerprint density at radius 2 is 0.639 bits per heavy atom. The van der Waals surface area contributed by atoms with Crippen molar-refractivity contribution in [1.82, 2.24) is 0 Å². The number of hydrogen-bond acceptors (Lipinski definition) is 6. The lowest BCUT2D eigenvalue weighted by Gasteiger charge is -2.18. The van der Waals surface area contributed by atoms with Crippen LogP contribution in [-0.4, -0.2) is 37.2 Å². The van der Waals surface area contributed by atoms with Crippen LogP contribution in [0.25, 0.3) is 0 Å². The van der Waals surface area contributed by atoms with Crippen molar-refractivity contribution in [3.63, 3.8) is 0 Å². The first-order chi connectivity index (χ1) is 30.0. The van der Waals surface area contributed by atoms with Gasteiger partial charge in [-0.1, -0.05) is 249 Å². The molecule has 0 aliphatic heterocycles. The van der Waals surface area contributed by atoms with E-state index >= 15 is 0 Å². The van der Waals surface area contributed by atoms with Crippen LogP contribution in [0, 0.1) is 0 Å². The van der Waals surface area contributed by atoms with Gasteiger partial charge in [0.2, 0.25) is 0 Å². The lowest BCUT2D eigenvalue weighted by molar-refractivity contribution is -0.166. The van der Waals surface area contributed by atoms with Gasteiger partial charge in [-0.3, -0.25) is 14.4 Å². The molecule has 0 bridgehead atoms. The molecule has 0 aromatic heterocycles. The number of carbonyl (C=O) groups is 3. The summed E-state index contributed by atoms with van der Waals surface area (Å²) >= 11 is 0. The Kier molecular flexibility index (Phi) is 47.9. The van der Waals surface area contributed by atoms with E-state index in [0.29, 0.717) is 19.3 Å². The topological polar surface area (TPSA) is 78.9 Å². The summed E-state index contributed by atoms with van der Waals surface area (Å²) in [5.74, 6) is -0.990. The zero-order chi connectivity index (χ0) is 44.4. The summed E-state index contributed by atoms with van der Waals surface area (Å²) in [5.41, 5.74) is 0. The van der Waals surface area contributed by atoms with Crippen LogP contribution in [0.15, 0.2) is 48.6 Å². The van der Waals surface area contributed by atoms with E-state index < -0.39 is 6.10 Å². The second-order valence-electron chi connectivity index (χ2n) is 17.4. The Morgan fingerprint density at radius 3 is 0.967 bits per heavy atom. The minimum atomic E-state index is -0.804. The van der Waals surface area contributed by atoms with Gasteiger partial charge < -0.3 is 14.2 Å². The quantitative estimate of drug-likeness (QED) is 0.0263. The lowest BCUT2D eigenvalue weighted by Crippen LogP contribution is -2.30. The van der Waals surface area contributed by atoms with Gasteiger partial charge in [0, 0.05) is 19.3 Å².